The maximum Gasteiger partial charge on any atom is 0.336 e. The molecule has 0 aliphatic heterocycles. The molecule has 0 saturated heterocycles. The summed E-state index contributed by atoms with van der Waals surface area (Å²) in [6.45, 7) is 1.98. The van der Waals surface area contributed by atoms with Gasteiger partial charge in [0.15, 0.2) is 5.58 Å². The van der Waals surface area contributed by atoms with Crippen LogP contribution in [0, 0.1) is 0 Å². The third-order valence-electron chi connectivity index (χ3n) is 5.18. The van der Waals surface area contributed by atoms with Gasteiger partial charge in [-0.2, -0.15) is 0 Å². The number of sulfonamides is 1. The van der Waals surface area contributed by atoms with Crippen molar-refractivity contribution in [1.29, 1.82) is 0 Å². The summed E-state index contributed by atoms with van der Waals surface area (Å²) in [7, 11) is -3.83. The smallest absolute Gasteiger partial charge is 0.336 e. The van der Waals surface area contributed by atoms with E-state index in [-0.39, 0.29) is 17.0 Å². The zero-order valence-electron chi connectivity index (χ0n) is 17.4. The molecule has 1 heterocycles. The average Bonchev–Trinajstić information content (AvgIpc) is 3.22. The van der Waals surface area contributed by atoms with E-state index in [1.165, 1.54) is 12.1 Å². The van der Waals surface area contributed by atoms with Crippen LogP contribution in [0.4, 0.5) is 0 Å². The number of carboxylic acid groups (broad SMARTS) is 1. The van der Waals surface area contributed by atoms with Crippen LogP contribution in [-0.2, 0) is 22.9 Å². The molecule has 3 aromatic carbocycles. The molecule has 0 fully saturated rings. The highest BCUT2D eigenvalue weighted by molar-refractivity contribution is 7.89. The van der Waals surface area contributed by atoms with Gasteiger partial charge in [-0.15, -0.1) is 0 Å². The second-order valence-corrected chi connectivity index (χ2v) is 9.08. The first-order valence-corrected chi connectivity index (χ1v) is 11.7. The Morgan fingerprint density at radius 3 is 2.56 bits per heavy atom. The Bertz CT molecular complexity index is 1380. The van der Waals surface area contributed by atoms with Gasteiger partial charge in [-0.25, -0.2) is 22.9 Å². The minimum absolute atomic E-state index is 0.000999. The normalized spacial score (nSPS) is 11.7. The van der Waals surface area contributed by atoms with E-state index >= 15 is 0 Å². The van der Waals surface area contributed by atoms with E-state index in [4.69, 9.17) is 4.42 Å². The first-order valence-electron chi connectivity index (χ1n) is 10.2. The molecule has 7 nitrogen and oxygen atoms in total. The highest BCUT2D eigenvalue weighted by atomic mass is 32.2. The lowest BCUT2D eigenvalue weighted by atomic mass is 10.1. The predicted molar refractivity (Wildman–Crippen MR) is 121 cm³/mol. The fraction of sp³-hybridized carbons (Fsp3) is 0.167. The van der Waals surface area contributed by atoms with E-state index in [1.54, 1.807) is 6.07 Å². The van der Waals surface area contributed by atoms with Gasteiger partial charge >= 0.3 is 5.97 Å². The van der Waals surface area contributed by atoms with Crippen LogP contribution in [0.15, 0.2) is 76.0 Å². The molecule has 0 spiro atoms. The SMILES string of the molecule is CCc1ccc(S(=O)(=O)NCCc2ccc3oc(-c4ccccc4)nc3c2)cc1C(=O)O. The molecule has 0 amide bonds. The van der Waals surface area contributed by atoms with Crippen LogP contribution >= 0.6 is 0 Å². The number of carboxylic acids is 1. The Kier molecular flexibility index (Phi) is 6.07. The van der Waals surface area contributed by atoms with Crippen molar-refractivity contribution in [2.75, 3.05) is 6.54 Å². The van der Waals surface area contributed by atoms with Crippen LogP contribution in [0.3, 0.4) is 0 Å². The number of aromatic nitrogens is 1. The van der Waals surface area contributed by atoms with E-state index in [2.05, 4.69) is 9.71 Å². The second-order valence-electron chi connectivity index (χ2n) is 7.31. The Labute approximate surface area is 185 Å². The summed E-state index contributed by atoms with van der Waals surface area (Å²) in [5.41, 5.74) is 3.73. The maximum absolute atomic E-state index is 12.6. The number of aryl methyl sites for hydroxylation is 1. The lowest BCUT2D eigenvalue weighted by Crippen LogP contribution is -2.26. The molecule has 0 aliphatic rings. The zero-order chi connectivity index (χ0) is 22.7. The van der Waals surface area contributed by atoms with Crippen molar-refractivity contribution in [3.8, 4) is 11.5 Å². The van der Waals surface area contributed by atoms with Gasteiger partial charge in [-0.1, -0.05) is 37.3 Å². The van der Waals surface area contributed by atoms with Crippen LogP contribution in [0.5, 0.6) is 0 Å². The number of carbonyl (C=O) groups is 1. The summed E-state index contributed by atoms with van der Waals surface area (Å²) < 4.78 is 33.6. The van der Waals surface area contributed by atoms with E-state index in [9.17, 15) is 18.3 Å². The maximum atomic E-state index is 12.6. The van der Waals surface area contributed by atoms with Gasteiger partial charge in [-0.05, 0) is 60.4 Å². The molecule has 1 aromatic heterocycles. The highest BCUT2D eigenvalue weighted by Gasteiger charge is 2.18. The molecule has 0 aliphatic carbocycles. The van der Waals surface area contributed by atoms with Gasteiger partial charge in [0, 0.05) is 12.1 Å². The molecule has 0 bridgehead atoms. The molecule has 4 rings (SSSR count). The fourth-order valence-corrected chi connectivity index (χ4v) is 4.53. The Morgan fingerprint density at radius 1 is 1.06 bits per heavy atom. The van der Waals surface area contributed by atoms with E-state index < -0.39 is 16.0 Å². The molecule has 2 N–H and O–H groups in total. The summed E-state index contributed by atoms with van der Waals surface area (Å²) in [6, 6.07) is 19.3. The third kappa shape index (κ3) is 4.56. The number of hydrogen-bond acceptors (Lipinski definition) is 5. The lowest BCUT2D eigenvalue weighted by molar-refractivity contribution is 0.0695. The fourth-order valence-electron chi connectivity index (χ4n) is 3.48. The van der Waals surface area contributed by atoms with Crippen LogP contribution in [0.2, 0.25) is 0 Å². The quantitative estimate of drug-likeness (QED) is 0.415. The number of nitrogens with zero attached hydrogens (tertiary/aromatic N) is 1. The predicted octanol–water partition coefficient (Wildman–Crippen LogP) is 4.28. The third-order valence-corrected chi connectivity index (χ3v) is 6.64. The largest absolute Gasteiger partial charge is 0.478 e. The van der Waals surface area contributed by atoms with E-state index in [0.717, 1.165) is 11.1 Å². The van der Waals surface area contributed by atoms with Crippen molar-refractivity contribution in [2.24, 2.45) is 0 Å². The van der Waals surface area contributed by atoms with Crippen molar-refractivity contribution in [3.63, 3.8) is 0 Å². The molecular formula is C24H22N2O5S. The van der Waals surface area contributed by atoms with Crippen molar-refractivity contribution < 1.29 is 22.7 Å². The van der Waals surface area contributed by atoms with Gasteiger partial charge in [-0.3, -0.25) is 0 Å². The van der Waals surface area contributed by atoms with Crippen molar-refractivity contribution in [1.82, 2.24) is 9.71 Å². The van der Waals surface area contributed by atoms with Gasteiger partial charge < -0.3 is 9.52 Å². The Morgan fingerprint density at radius 2 is 1.84 bits per heavy atom. The summed E-state index contributed by atoms with van der Waals surface area (Å²) in [5, 5.41) is 9.34. The first kappa shape index (κ1) is 21.7. The topological polar surface area (TPSA) is 110 Å². The minimum atomic E-state index is -3.83. The lowest BCUT2D eigenvalue weighted by Gasteiger charge is -2.10. The molecule has 32 heavy (non-hydrogen) atoms. The minimum Gasteiger partial charge on any atom is -0.478 e. The summed E-state index contributed by atoms with van der Waals surface area (Å²) in [5.74, 6) is -0.613. The number of hydrogen-bond donors (Lipinski definition) is 2. The van der Waals surface area contributed by atoms with Crippen molar-refractivity contribution in [3.05, 3.63) is 83.4 Å². The second kappa shape index (κ2) is 8.94. The number of fused-ring (bicyclic) bond motifs is 1. The number of aromatic carboxylic acids is 1. The number of nitrogens with one attached hydrogen (secondary N) is 1. The molecule has 0 saturated carbocycles. The summed E-state index contributed by atoms with van der Waals surface area (Å²) >= 11 is 0. The molecule has 0 unspecified atom stereocenters. The standard InChI is InChI=1S/C24H22N2O5S/c1-2-17-9-10-19(15-20(17)24(27)28)32(29,30)25-13-12-16-8-11-22-21(14-16)26-23(31-22)18-6-4-3-5-7-18/h3-11,14-15,25H,2,12-13H2,1H3,(H,27,28). The van der Waals surface area contributed by atoms with Crippen molar-refractivity contribution in [2.45, 2.75) is 24.7 Å². The van der Waals surface area contributed by atoms with Crippen LogP contribution in [-0.4, -0.2) is 31.0 Å². The van der Waals surface area contributed by atoms with Crippen LogP contribution in [0.1, 0.15) is 28.4 Å². The van der Waals surface area contributed by atoms with E-state index in [1.807, 2.05) is 55.5 Å². The van der Waals surface area contributed by atoms with Crippen LogP contribution in [0.25, 0.3) is 22.6 Å². The molecule has 0 atom stereocenters. The summed E-state index contributed by atoms with van der Waals surface area (Å²) in [4.78, 5) is 15.9. The van der Waals surface area contributed by atoms with Crippen LogP contribution < -0.4 is 4.72 Å². The number of benzene rings is 3. The Hall–Kier alpha value is -3.49. The van der Waals surface area contributed by atoms with Gasteiger partial charge in [0.1, 0.15) is 5.52 Å². The monoisotopic (exact) mass is 450 g/mol. The van der Waals surface area contributed by atoms with Crippen molar-refractivity contribution >= 4 is 27.1 Å². The molecule has 0 radical (unpaired) electrons. The highest BCUT2D eigenvalue weighted by Crippen LogP contribution is 2.25. The zero-order valence-corrected chi connectivity index (χ0v) is 18.2. The van der Waals surface area contributed by atoms with E-state index in [0.29, 0.717) is 35.4 Å². The van der Waals surface area contributed by atoms with Gasteiger partial charge in [0.05, 0.1) is 10.5 Å². The molecule has 164 valence electrons. The molecule has 8 heteroatoms. The average molecular weight is 451 g/mol. The Balaban J connectivity index is 1.47. The van der Waals surface area contributed by atoms with Gasteiger partial charge in [0.25, 0.3) is 0 Å². The summed E-state index contributed by atoms with van der Waals surface area (Å²) in [6.07, 6.45) is 0.952. The number of oxazole rings is 1. The molecule has 4 aromatic rings. The van der Waals surface area contributed by atoms with Gasteiger partial charge in [0.2, 0.25) is 15.9 Å². The number of rotatable bonds is 8. The molecular weight excluding hydrogens is 428 g/mol. The first-order chi connectivity index (χ1) is 15.4.